The molecule has 2 aromatic rings. The molecular formula is C17H23FN4O. The van der Waals surface area contributed by atoms with Gasteiger partial charge in [0.1, 0.15) is 5.82 Å². The second-order valence-electron chi connectivity index (χ2n) is 6.09. The lowest BCUT2D eigenvalue weighted by molar-refractivity contribution is 0.113. The van der Waals surface area contributed by atoms with Crippen molar-refractivity contribution in [2.24, 2.45) is 0 Å². The first-order valence-corrected chi connectivity index (χ1v) is 7.97. The number of nitrogens with zero attached hydrogens (tertiary/aromatic N) is 3. The van der Waals surface area contributed by atoms with Gasteiger partial charge >= 0.3 is 0 Å². The van der Waals surface area contributed by atoms with E-state index >= 15 is 0 Å². The van der Waals surface area contributed by atoms with Crippen LogP contribution in [0.2, 0.25) is 0 Å². The maximum atomic E-state index is 13.7. The Balaban J connectivity index is 1.66. The van der Waals surface area contributed by atoms with Crippen LogP contribution in [0.1, 0.15) is 30.1 Å². The minimum absolute atomic E-state index is 0.0552. The summed E-state index contributed by atoms with van der Waals surface area (Å²) in [6.07, 6.45) is 7.03. The molecule has 0 aliphatic carbocycles. The molecule has 2 aromatic heterocycles. The molecule has 0 aromatic carbocycles. The Labute approximate surface area is 135 Å². The molecule has 1 aliphatic heterocycles. The molecule has 1 fully saturated rings. The van der Waals surface area contributed by atoms with Crippen LogP contribution in [0.15, 0.2) is 36.8 Å². The zero-order valence-corrected chi connectivity index (χ0v) is 13.3. The fraction of sp³-hybridized carbons (Fsp3) is 0.471. The van der Waals surface area contributed by atoms with E-state index in [0.717, 1.165) is 25.1 Å². The molecule has 2 N–H and O–H groups in total. The van der Waals surface area contributed by atoms with Gasteiger partial charge in [-0.25, -0.2) is 4.39 Å². The standard InChI is InChI=1S/C17H23FN4O/c1-21-8-5-14(22-7-2-3-15(22)12-23)9-17(21)20-10-13-4-6-19-11-16(13)18/h2-4,6-7,11,14,17,20,23H,5,8-10,12H2,1H3. The molecular weight excluding hydrogens is 295 g/mol. The summed E-state index contributed by atoms with van der Waals surface area (Å²) in [5, 5.41) is 12.9. The van der Waals surface area contributed by atoms with Crippen LogP contribution in [0.3, 0.4) is 0 Å². The van der Waals surface area contributed by atoms with Crippen molar-refractivity contribution in [2.75, 3.05) is 13.6 Å². The third-order valence-electron chi connectivity index (χ3n) is 4.65. The summed E-state index contributed by atoms with van der Waals surface area (Å²) in [5.41, 5.74) is 1.58. The van der Waals surface area contributed by atoms with Crippen molar-refractivity contribution in [3.8, 4) is 0 Å². The lowest BCUT2D eigenvalue weighted by Gasteiger charge is -2.38. The Bertz CT molecular complexity index is 645. The average molecular weight is 318 g/mol. The molecule has 2 unspecified atom stereocenters. The predicted molar refractivity (Wildman–Crippen MR) is 86.1 cm³/mol. The van der Waals surface area contributed by atoms with E-state index in [2.05, 4.69) is 26.8 Å². The lowest BCUT2D eigenvalue weighted by Crippen LogP contribution is -2.48. The minimum Gasteiger partial charge on any atom is -0.390 e. The Hall–Kier alpha value is -1.76. The first-order chi connectivity index (χ1) is 11.2. The molecule has 23 heavy (non-hydrogen) atoms. The second kappa shape index (κ2) is 7.21. The van der Waals surface area contributed by atoms with Gasteiger partial charge in [0, 0.05) is 42.8 Å². The number of nitrogens with one attached hydrogen (secondary N) is 1. The average Bonchev–Trinajstić information content (AvgIpc) is 3.04. The monoisotopic (exact) mass is 318 g/mol. The Morgan fingerprint density at radius 3 is 3.09 bits per heavy atom. The highest BCUT2D eigenvalue weighted by Gasteiger charge is 2.27. The van der Waals surface area contributed by atoms with Crippen molar-refractivity contribution >= 4 is 0 Å². The van der Waals surface area contributed by atoms with Crippen molar-refractivity contribution in [3.63, 3.8) is 0 Å². The summed E-state index contributed by atoms with van der Waals surface area (Å²) >= 11 is 0. The van der Waals surface area contributed by atoms with Gasteiger partial charge in [0.25, 0.3) is 0 Å². The molecule has 0 saturated carbocycles. The zero-order chi connectivity index (χ0) is 16.2. The Morgan fingerprint density at radius 2 is 2.30 bits per heavy atom. The van der Waals surface area contributed by atoms with Crippen molar-refractivity contribution < 1.29 is 9.50 Å². The van der Waals surface area contributed by atoms with Crippen LogP contribution in [0.25, 0.3) is 0 Å². The van der Waals surface area contributed by atoms with E-state index in [1.807, 2.05) is 18.3 Å². The summed E-state index contributed by atoms with van der Waals surface area (Å²) in [7, 11) is 2.08. The maximum Gasteiger partial charge on any atom is 0.145 e. The van der Waals surface area contributed by atoms with Gasteiger partial charge in [0.15, 0.2) is 0 Å². The van der Waals surface area contributed by atoms with Gasteiger partial charge in [0.2, 0.25) is 0 Å². The number of halogens is 1. The third-order valence-corrected chi connectivity index (χ3v) is 4.65. The van der Waals surface area contributed by atoms with Crippen molar-refractivity contribution in [3.05, 3.63) is 53.9 Å². The topological polar surface area (TPSA) is 53.3 Å². The van der Waals surface area contributed by atoms with Gasteiger partial charge in [-0.1, -0.05) is 0 Å². The van der Waals surface area contributed by atoms with Gasteiger partial charge in [-0.15, -0.1) is 0 Å². The van der Waals surface area contributed by atoms with Gasteiger partial charge in [-0.3, -0.25) is 15.2 Å². The highest BCUT2D eigenvalue weighted by atomic mass is 19.1. The fourth-order valence-corrected chi connectivity index (χ4v) is 3.25. The zero-order valence-electron chi connectivity index (χ0n) is 13.3. The molecule has 0 radical (unpaired) electrons. The van der Waals surface area contributed by atoms with Crippen LogP contribution in [-0.4, -0.2) is 39.3 Å². The summed E-state index contributed by atoms with van der Waals surface area (Å²) in [4.78, 5) is 6.04. The van der Waals surface area contributed by atoms with Crippen molar-refractivity contribution in [1.29, 1.82) is 0 Å². The smallest absolute Gasteiger partial charge is 0.145 e. The van der Waals surface area contributed by atoms with Gasteiger partial charge in [0.05, 0.1) is 19.0 Å². The molecule has 0 spiro atoms. The number of aliphatic hydroxyl groups is 1. The molecule has 0 amide bonds. The van der Waals surface area contributed by atoms with Crippen LogP contribution < -0.4 is 5.32 Å². The number of rotatable bonds is 5. The molecule has 0 bridgehead atoms. The van der Waals surface area contributed by atoms with Gasteiger partial charge in [-0.05, 0) is 38.1 Å². The summed E-state index contributed by atoms with van der Waals surface area (Å²) in [6.45, 7) is 1.50. The van der Waals surface area contributed by atoms with Gasteiger partial charge in [-0.2, -0.15) is 0 Å². The summed E-state index contributed by atoms with van der Waals surface area (Å²) in [5.74, 6) is -0.275. The molecule has 5 nitrogen and oxygen atoms in total. The van der Waals surface area contributed by atoms with Crippen molar-refractivity contribution in [2.45, 2.75) is 38.2 Å². The molecule has 124 valence electrons. The number of hydrogen-bond donors (Lipinski definition) is 2. The van der Waals surface area contributed by atoms with Crippen LogP contribution in [0, 0.1) is 5.82 Å². The normalized spacial score (nSPS) is 22.4. The number of aliphatic hydroxyl groups excluding tert-OH is 1. The summed E-state index contributed by atoms with van der Waals surface area (Å²) in [6, 6.07) is 5.98. The number of piperidine rings is 1. The first kappa shape index (κ1) is 16.1. The highest BCUT2D eigenvalue weighted by molar-refractivity contribution is 5.12. The molecule has 1 saturated heterocycles. The van der Waals surface area contributed by atoms with E-state index in [-0.39, 0.29) is 18.6 Å². The van der Waals surface area contributed by atoms with Crippen LogP contribution in [-0.2, 0) is 13.2 Å². The van der Waals surface area contributed by atoms with Crippen LogP contribution in [0.5, 0.6) is 0 Å². The third kappa shape index (κ3) is 3.60. The highest BCUT2D eigenvalue weighted by Crippen LogP contribution is 2.27. The fourth-order valence-electron chi connectivity index (χ4n) is 3.25. The number of hydrogen-bond acceptors (Lipinski definition) is 4. The van der Waals surface area contributed by atoms with E-state index in [9.17, 15) is 9.50 Å². The maximum absolute atomic E-state index is 13.7. The largest absolute Gasteiger partial charge is 0.390 e. The van der Waals surface area contributed by atoms with Crippen molar-refractivity contribution in [1.82, 2.24) is 19.8 Å². The minimum atomic E-state index is -0.275. The Kier molecular flexibility index (Phi) is 5.05. The second-order valence-corrected chi connectivity index (χ2v) is 6.09. The Morgan fingerprint density at radius 1 is 1.43 bits per heavy atom. The SMILES string of the molecule is CN1CCC(n2cccc2CO)CC1NCc1ccncc1F. The van der Waals surface area contributed by atoms with E-state index in [0.29, 0.717) is 18.2 Å². The lowest BCUT2D eigenvalue weighted by atomic mass is 10.0. The predicted octanol–water partition coefficient (Wildman–Crippen LogP) is 1.90. The van der Waals surface area contributed by atoms with E-state index in [1.165, 1.54) is 6.20 Å². The molecule has 1 aliphatic rings. The number of aromatic nitrogens is 2. The molecule has 3 rings (SSSR count). The van der Waals surface area contributed by atoms with E-state index < -0.39 is 0 Å². The first-order valence-electron chi connectivity index (χ1n) is 7.97. The number of pyridine rings is 1. The van der Waals surface area contributed by atoms with E-state index in [4.69, 9.17) is 0 Å². The van der Waals surface area contributed by atoms with Crippen LogP contribution >= 0.6 is 0 Å². The molecule has 6 heteroatoms. The van der Waals surface area contributed by atoms with Gasteiger partial charge < -0.3 is 9.67 Å². The quantitative estimate of drug-likeness (QED) is 0.884. The molecule has 3 heterocycles. The van der Waals surface area contributed by atoms with E-state index in [1.54, 1.807) is 12.3 Å². The number of likely N-dealkylation sites (tertiary alicyclic amines) is 1. The van der Waals surface area contributed by atoms with Crippen LogP contribution in [0.4, 0.5) is 4.39 Å². The molecule has 2 atom stereocenters. The summed E-state index contributed by atoms with van der Waals surface area (Å²) < 4.78 is 15.9.